The molecule has 2 heterocycles. The molecule has 1 atom stereocenters. The van der Waals surface area contributed by atoms with E-state index < -0.39 is 0 Å². The highest BCUT2D eigenvalue weighted by Gasteiger charge is 2.15. The first kappa shape index (κ1) is 6.79. The highest BCUT2D eigenvalue weighted by molar-refractivity contribution is 7.11. The molecule has 0 saturated heterocycles. The number of rotatable bonds is 1. The average molecular weight is 167 g/mol. The van der Waals surface area contributed by atoms with E-state index in [0.29, 0.717) is 6.04 Å². The largest absolute Gasteiger partial charge is 0.364 e. The molecular formula is C7H9N3S. The van der Waals surface area contributed by atoms with E-state index in [1.165, 1.54) is 0 Å². The molecule has 1 N–H and O–H groups in total. The van der Waals surface area contributed by atoms with Gasteiger partial charge in [0, 0.05) is 17.6 Å². The number of thiazole rings is 1. The van der Waals surface area contributed by atoms with Gasteiger partial charge in [0.2, 0.25) is 0 Å². The zero-order chi connectivity index (χ0) is 7.68. The Kier molecular flexibility index (Phi) is 1.62. The zero-order valence-electron chi connectivity index (χ0n) is 6.24. The molecule has 1 unspecified atom stereocenters. The van der Waals surface area contributed by atoms with Gasteiger partial charge in [-0.1, -0.05) is 0 Å². The van der Waals surface area contributed by atoms with Crippen molar-refractivity contribution in [2.45, 2.75) is 13.0 Å². The van der Waals surface area contributed by atoms with Gasteiger partial charge < -0.3 is 5.32 Å². The second-order valence-electron chi connectivity index (χ2n) is 2.57. The molecule has 2 rings (SSSR count). The quantitative estimate of drug-likeness (QED) is 0.674. The smallest absolute Gasteiger partial charge is 0.158 e. The lowest BCUT2D eigenvalue weighted by Gasteiger charge is -2.01. The Morgan fingerprint density at radius 2 is 2.64 bits per heavy atom. The zero-order valence-corrected chi connectivity index (χ0v) is 7.06. The van der Waals surface area contributed by atoms with Crippen LogP contribution in [0.1, 0.15) is 11.9 Å². The Bertz CT molecular complexity index is 265. The van der Waals surface area contributed by atoms with Gasteiger partial charge >= 0.3 is 0 Å². The normalized spacial score (nSPS) is 23.0. The Balaban J connectivity index is 2.19. The Morgan fingerprint density at radius 1 is 1.73 bits per heavy atom. The predicted molar refractivity (Wildman–Crippen MR) is 46.1 cm³/mol. The number of aromatic nitrogens is 1. The van der Waals surface area contributed by atoms with Crippen LogP contribution in [0.5, 0.6) is 0 Å². The van der Waals surface area contributed by atoms with Crippen molar-refractivity contribution in [1.82, 2.24) is 10.3 Å². The van der Waals surface area contributed by atoms with Crippen LogP contribution in [-0.2, 0) is 0 Å². The van der Waals surface area contributed by atoms with E-state index in [-0.39, 0.29) is 0 Å². The van der Waals surface area contributed by atoms with Crippen molar-refractivity contribution in [3.8, 4) is 0 Å². The maximum atomic E-state index is 4.31. The van der Waals surface area contributed by atoms with E-state index in [0.717, 1.165) is 17.4 Å². The van der Waals surface area contributed by atoms with E-state index in [1.54, 1.807) is 17.5 Å². The molecule has 11 heavy (non-hydrogen) atoms. The van der Waals surface area contributed by atoms with Crippen molar-refractivity contribution in [2.24, 2.45) is 4.99 Å². The fraction of sp³-hybridized carbons (Fsp3) is 0.429. The van der Waals surface area contributed by atoms with Crippen LogP contribution in [0.25, 0.3) is 0 Å². The van der Waals surface area contributed by atoms with E-state index >= 15 is 0 Å². The molecule has 1 aromatic heterocycles. The molecule has 58 valence electrons. The number of hydrogen-bond donors (Lipinski definition) is 1. The summed E-state index contributed by atoms with van der Waals surface area (Å²) in [6.45, 7) is 2.99. The summed E-state index contributed by atoms with van der Waals surface area (Å²) in [6.07, 6.45) is 1.80. The van der Waals surface area contributed by atoms with Crippen molar-refractivity contribution in [3.05, 3.63) is 16.6 Å². The molecule has 3 nitrogen and oxygen atoms in total. The highest BCUT2D eigenvalue weighted by atomic mass is 32.1. The van der Waals surface area contributed by atoms with Gasteiger partial charge in [0.25, 0.3) is 0 Å². The second-order valence-corrected chi connectivity index (χ2v) is 3.47. The molecule has 0 saturated carbocycles. The minimum atomic E-state index is 0.467. The Hall–Kier alpha value is -0.900. The topological polar surface area (TPSA) is 37.3 Å². The third-order valence-electron chi connectivity index (χ3n) is 1.54. The third kappa shape index (κ3) is 1.26. The summed E-state index contributed by atoms with van der Waals surface area (Å²) >= 11 is 1.62. The number of nitrogens with zero attached hydrogens (tertiary/aromatic N) is 2. The molecule has 0 spiro atoms. The monoisotopic (exact) mass is 167 g/mol. The van der Waals surface area contributed by atoms with Gasteiger partial charge in [0.05, 0.1) is 6.54 Å². The number of nitrogens with one attached hydrogen (secondary N) is 1. The van der Waals surface area contributed by atoms with Gasteiger partial charge in [-0.25, -0.2) is 4.98 Å². The van der Waals surface area contributed by atoms with Gasteiger partial charge in [0.1, 0.15) is 0 Å². The minimum Gasteiger partial charge on any atom is -0.364 e. The third-order valence-corrected chi connectivity index (χ3v) is 2.32. The number of amidine groups is 1. The summed E-state index contributed by atoms with van der Waals surface area (Å²) in [5.74, 6) is 0.951. The molecule has 1 aliphatic heterocycles. The maximum absolute atomic E-state index is 4.31. The van der Waals surface area contributed by atoms with Crippen molar-refractivity contribution in [3.63, 3.8) is 0 Å². The van der Waals surface area contributed by atoms with Gasteiger partial charge in [-0.3, -0.25) is 4.99 Å². The lowest BCUT2D eigenvalue weighted by molar-refractivity contribution is 0.726. The molecule has 1 aliphatic rings. The molecule has 0 fully saturated rings. The number of aliphatic imine (C=N–C) groups is 1. The lowest BCUT2D eigenvalue weighted by Crippen LogP contribution is -2.27. The Labute approximate surface area is 69.2 Å². The van der Waals surface area contributed by atoms with Crippen molar-refractivity contribution >= 4 is 17.2 Å². The van der Waals surface area contributed by atoms with Crippen molar-refractivity contribution < 1.29 is 0 Å². The van der Waals surface area contributed by atoms with Crippen LogP contribution in [0, 0.1) is 0 Å². The molecule has 0 bridgehead atoms. The molecule has 0 aromatic carbocycles. The van der Waals surface area contributed by atoms with Gasteiger partial charge in [-0.05, 0) is 6.92 Å². The van der Waals surface area contributed by atoms with E-state index in [4.69, 9.17) is 0 Å². The maximum Gasteiger partial charge on any atom is 0.158 e. The lowest BCUT2D eigenvalue weighted by atomic mass is 10.4. The van der Waals surface area contributed by atoms with Crippen LogP contribution < -0.4 is 5.32 Å². The first-order valence-corrected chi connectivity index (χ1v) is 4.45. The Morgan fingerprint density at radius 3 is 3.18 bits per heavy atom. The summed E-state index contributed by atoms with van der Waals surface area (Å²) in [5, 5.41) is 6.21. The average Bonchev–Trinajstić information content (AvgIpc) is 2.55. The van der Waals surface area contributed by atoms with Crippen LogP contribution in [0.2, 0.25) is 0 Å². The summed E-state index contributed by atoms with van der Waals surface area (Å²) in [7, 11) is 0. The van der Waals surface area contributed by atoms with E-state index in [2.05, 4.69) is 22.2 Å². The van der Waals surface area contributed by atoms with Crippen LogP contribution in [0.4, 0.5) is 0 Å². The molecule has 0 aliphatic carbocycles. The first-order chi connectivity index (χ1) is 5.36. The molecule has 0 amide bonds. The van der Waals surface area contributed by atoms with E-state index in [9.17, 15) is 0 Å². The van der Waals surface area contributed by atoms with Crippen LogP contribution in [0.15, 0.2) is 16.6 Å². The van der Waals surface area contributed by atoms with Gasteiger partial charge in [0.15, 0.2) is 10.8 Å². The fourth-order valence-electron chi connectivity index (χ4n) is 1.02. The molecule has 0 radical (unpaired) electrons. The summed E-state index contributed by atoms with van der Waals surface area (Å²) in [4.78, 5) is 8.47. The summed E-state index contributed by atoms with van der Waals surface area (Å²) < 4.78 is 0. The van der Waals surface area contributed by atoms with Crippen molar-refractivity contribution in [1.29, 1.82) is 0 Å². The highest BCUT2D eigenvalue weighted by Crippen LogP contribution is 2.08. The van der Waals surface area contributed by atoms with Crippen LogP contribution >= 0.6 is 11.3 Å². The molecule has 1 aromatic rings. The standard InChI is InChI=1S/C7H9N3S/c1-5-4-9-6(10-5)7-8-2-3-11-7/h2-3,5H,4H2,1H3,(H,9,10). The molecule has 4 heteroatoms. The predicted octanol–water partition coefficient (Wildman–Crippen LogP) is 0.881. The SMILES string of the molecule is CC1CN=C(c2nccs2)N1. The van der Waals surface area contributed by atoms with Crippen LogP contribution in [0.3, 0.4) is 0 Å². The second kappa shape index (κ2) is 2.62. The first-order valence-electron chi connectivity index (χ1n) is 3.57. The molecular weight excluding hydrogens is 158 g/mol. The minimum absolute atomic E-state index is 0.467. The summed E-state index contributed by atoms with van der Waals surface area (Å²) in [5.41, 5.74) is 0. The summed E-state index contributed by atoms with van der Waals surface area (Å²) in [6, 6.07) is 0.467. The van der Waals surface area contributed by atoms with Gasteiger partial charge in [-0.2, -0.15) is 0 Å². The van der Waals surface area contributed by atoms with E-state index in [1.807, 2.05) is 5.38 Å². The van der Waals surface area contributed by atoms with Crippen molar-refractivity contribution in [2.75, 3.05) is 6.54 Å². The number of hydrogen-bond acceptors (Lipinski definition) is 4. The van der Waals surface area contributed by atoms with Crippen LogP contribution in [-0.4, -0.2) is 23.4 Å². The fourth-order valence-corrected chi connectivity index (χ4v) is 1.63. The van der Waals surface area contributed by atoms with Gasteiger partial charge in [-0.15, -0.1) is 11.3 Å².